The molecule has 1 aliphatic rings. The number of rotatable bonds is 9. The van der Waals surface area contributed by atoms with Gasteiger partial charge in [-0.2, -0.15) is 0 Å². The smallest absolute Gasteiger partial charge is 0.00644 e. The number of hydrogen-bond acceptors (Lipinski definition) is 1. The molecule has 1 atom stereocenters. The minimum absolute atomic E-state index is 0.781. The molecule has 1 rings (SSSR count). The summed E-state index contributed by atoms with van der Waals surface area (Å²) in [6.07, 6.45) is 14.2. The van der Waals surface area contributed by atoms with Gasteiger partial charge in [0.1, 0.15) is 0 Å². The lowest BCUT2D eigenvalue weighted by Crippen LogP contribution is -2.29. The zero-order valence-corrected chi connectivity index (χ0v) is 11.4. The molecule has 0 aromatic rings. The highest BCUT2D eigenvalue weighted by atomic mass is 14.9. The molecule has 0 radical (unpaired) electrons. The molecule has 96 valence electrons. The Balaban J connectivity index is 1.95. The maximum absolute atomic E-state index is 3.73. The van der Waals surface area contributed by atoms with Crippen LogP contribution >= 0.6 is 0 Å². The van der Waals surface area contributed by atoms with Crippen LogP contribution in [0.25, 0.3) is 0 Å². The van der Waals surface area contributed by atoms with Gasteiger partial charge in [0.2, 0.25) is 0 Å². The van der Waals surface area contributed by atoms with E-state index in [2.05, 4.69) is 19.2 Å². The molecule has 0 aromatic carbocycles. The average molecular weight is 225 g/mol. The van der Waals surface area contributed by atoms with Gasteiger partial charge in [0.25, 0.3) is 0 Å². The van der Waals surface area contributed by atoms with Crippen molar-refractivity contribution in [1.82, 2.24) is 5.32 Å². The first kappa shape index (κ1) is 14.0. The number of nitrogens with one attached hydrogen (secondary N) is 1. The summed E-state index contributed by atoms with van der Waals surface area (Å²) in [5.74, 6) is 1.07. The van der Waals surface area contributed by atoms with Crippen LogP contribution in [0.15, 0.2) is 0 Å². The Morgan fingerprint density at radius 3 is 2.50 bits per heavy atom. The fourth-order valence-electron chi connectivity index (χ4n) is 2.90. The van der Waals surface area contributed by atoms with E-state index in [0.29, 0.717) is 0 Å². The van der Waals surface area contributed by atoms with Crippen LogP contribution in [0.1, 0.15) is 78.1 Å². The SMILES string of the molecule is CCCCC(CC)NCCCC1CCCC1. The van der Waals surface area contributed by atoms with Gasteiger partial charge in [-0.15, -0.1) is 0 Å². The van der Waals surface area contributed by atoms with E-state index in [1.54, 1.807) is 0 Å². The van der Waals surface area contributed by atoms with Crippen molar-refractivity contribution in [2.75, 3.05) is 6.54 Å². The third-order valence-corrected chi connectivity index (χ3v) is 4.10. The molecule has 0 heterocycles. The van der Waals surface area contributed by atoms with E-state index < -0.39 is 0 Å². The Morgan fingerprint density at radius 1 is 1.12 bits per heavy atom. The molecular weight excluding hydrogens is 194 g/mol. The van der Waals surface area contributed by atoms with Crippen LogP contribution in [0, 0.1) is 5.92 Å². The third-order valence-electron chi connectivity index (χ3n) is 4.10. The highest BCUT2D eigenvalue weighted by Crippen LogP contribution is 2.28. The van der Waals surface area contributed by atoms with Gasteiger partial charge in [-0.05, 0) is 38.1 Å². The molecule has 0 amide bonds. The van der Waals surface area contributed by atoms with Gasteiger partial charge < -0.3 is 5.32 Å². The van der Waals surface area contributed by atoms with Crippen LogP contribution < -0.4 is 5.32 Å². The van der Waals surface area contributed by atoms with Crippen LogP contribution in [0.2, 0.25) is 0 Å². The van der Waals surface area contributed by atoms with Gasteiger partial charge >= 0.3 is 0 Å². The van der Waals surface area contributed by atoms with Crippen molar-refractivity contribution in [2.45, 2.75) is 84.1 Å². The van der Waals surface area contributed by atoms with Gasteiger partial charge in [0.05, 0.1) is 0 Å². The summed E-state index contributed by atoms with van der Waals surface area (Å²) in [6.45, 7) is 5.84. The lowest BCUT2D eigenvalue weighted by Gasteiger charge is -2.17. The van der Waals surface area contributed by atoms with Crippen LogP contribution in [0.3, 0.4) is 0 Å². The highest BCUT2D eigenvalue weighted by molar-refractivity contribution is 4.69. The molecule has 1 saturated carbocycles. The molecule has 0 aliphatic heterocycles. The summed E-state index contributed by atoms with van der Waals surface area (Å²) >= 11 is 0. The predicted molar refractivity (Wildman–Crippen MR) is 72.8 cm³/mol. The Kier molecular flexibility index (Phi) is 7.92. The maximum atomic E-state index is 3.73. The van der Waals surface area contributed by atoms with Crippen LogP contribution in [0.5, 0.6) is 0 Å². The van der Waals surface area contributed by atoms with Gasteiger partial charge in [0, 0.05) is 6.04 Å². The standard InChI is InChI=1S/C15H31N/c1-3-5-12-15(4-2)16-13-8-11-14-9-6-7-10-14/h14-16H,3-13H2,1-2H3. The van der Waals surface area contributed by atoms with E-state index in [9.17, 15) is 0 Å². The first-order valence-electron chi connectivity index (χ1n) is 7.60. The largest absolute Gasteiger partial charge is 0.314 e. The molecule has 1 fully saturated rings. The van der Waals surface area contributed by atoms with Crippen molar-refractivity contribution in [2.24, 2.45) is 5.92 Å². The van der Waals surface area contributed by atoms with Crippen molar-refractivity contribution in [3.63, 3.8) is 0 Å². The van der Waals surface area contributed by atoms with Gasteiger partial charge in [0.15, 0.2) is 0 Å². The highest BCUT2D eigenvalue weighted by Gasteiger charge is 2.14. The Morgan fingerprint density at radius 2 is 1.88 bits per heavy atom. The first-order chi connectivity index (χ1) is 7.86. The topological polar surface area (TPSA) is 12.0 Å². The van der Waals surface area contributed by atoms with E-state index in [1.807, 2.05) is 0 Å². The third kappa shape index (κ3) is 5.89. The normalized spacial score (nSPS) is 19.1. The minimum Gasteiger partial charge on any atom is -0.314 e. The Bertz CT molecular complexity index is 150. The lowest BCUT2D eigenvalue weighted by atomic mass is 10.0. The summed E-state index contributed by atoms with van der Waals surface area (Å²) in [7, 11) is 0. The van der Waals surface area contributed by atoms with E-state index in [-0.39, 0.29) is 0 Å². The summed E-state index contributed by atoms with van der Waals surface area (Å²) in [5.41, 5.74) is 0. The molecule has 1 heteroatoms. The summed E-state index contributed by atoms with van der Waals surface area (Å²) < 4.78 is 0. The molecule has 1 N–H and O–H groups in total. The lowest BCUT2D eigenvalue weighted by molar-refractivity contribution is 0.419. The molecule has 0 bridgehead atoms. The number of hydrogen-bond donors (Lipinski definition) is 1. The number of unbranched alkanes of at least 4 members (excludes halogenated alkanes) is 1. The molecule has 0 spiro atoms. The second-order valence-electron chi connectivity index (χ2n) is 5.49. The van der Waals surface area contributed by atoms with Gasteiger partial charge in [-0.25, -0.2) is 0 Å². The predicted octanol–water partition coefficient (Wildman–Crippen LogP) is 4.52. The van der Waals surface area contributed by atoms with Crippen molar-refractivity contribution in [3.05, 3.63) is 0 Å². The average Bonchev–Trinajstić information content (AvgIpc) is 2.81. The van der Waals surface area contributed by atoms with Crippen molar-refractivity contribution >= 4 is 0 Å². The fourth-order valence-corrected chi connectivity index (χ4v) is 2.90. The molecule has 1 aliphatic carbocycles. The van der Waals surface area contributed by atoms with E-state index in [4.69, 9.17) is 0 Å². The van der Waals surface area contributed by atoms with Crippen molar-refractivity contribution in [1.29, 1.82) is 0 Å². The Hall–Kier alpha value is -0.0400. The van der Waals surface area contributed by atoms with Crippen LogP contribution in [-0.2, 0) is 0 Å². The van der Waals surface area contributed by atoms with Crippen LogP contribution in [-0.4, -0.2) is 12.6 Å². The second kappa shape index (κ2) is 9.04. The zero-order valence-electron chi connectivity index (χ0n) is 11.4. The molecule has 0 aromatic heterocycles. The monoisotopic (exact) mass is 225 g/mol. The van der Waals surface area contributed by atoms with E-state index in [1.165, 1.54) is 70.8 Å². The second-order valence-corrected chi connectivity index (χ2v) is 5.49. The van der Waals surface area contributed by atoms with Crippen LogP contribution in [0.4, 0.5) is 0 Å². The minimum atomic E-state index is 0.781. The van der Waals surface area contributed by atoms with Gasteiger partial charge in [-0.1, -0.05) is 52.4 Å². The molecular formula is C15H31N. The first-order valence-corrected chi connectivity index (χ1v) is 7.60. The fraction of sp³-hybridized carbons (Fsp3) is 1.00. The van der Waals surface area contributed by atoms with Crippen molar-refractivity contribution < 1.29 is 0 Å². The summed E-state index contributed by atoms with van der Waals surface area (Å²) in [5, 5.41) is 3.73. The molecule has 16 heavy (non-hydrogen) atoms. The molecule has 1 nitrogen and oxygen atoms in total. The maximum Gasteiger partial charge on any atom is 0.00644 e. The quantitative estimate of drug-likeness (QED) is 0.569. The zero-order chi connectivity index (χ0) is 11.6. The molecule has 1 unspecified atom stereocenters. The molecule has 0 saturated heterocycles. The van der Waals surface area contributed by atoms with Crippen molar-refractivity contribution in [3.8, 4) is 0 Å². The van der Waals surface area contributed by atoms with E-state index >= 15 is 0 Å². The van der Waals surface area contributed by atoms with Gasteiger partial charge in [-0.3, -0.25) is 0 Å². The summed E-state index contributed by atoms with van der Waals surface area (Å²) in [6, 6.07) is 0.781. The summed E-state index contributed by atoms with van der Waals surface area (Å²) in [4.78, 5) is 0. The Labute approximate surface area is 102 Å². The van der Waals surface area contributed by atoms with E-state index in [0.717, 1.165) is 12.0 Å².